The summed E-state index contributed by atoms with van der Waals surface area (Å²) >= 11 is 0. The van der Waals surface area contributed by atoms with Crippen LogP contribution in [0.3, 0.4) is 0 Å². The molecule has 13 heavy (non-hydrogen) atoms. The monoisotopic (exact) mass is 180 g/mol. The van der Waals surface area contributed by atoms with Crippen molar-refractivity contribution in [1.82, 2.24) is 0 Å². The summed E-state index contributed by atoms with van der Waals surface area (Å²) in [5, 5.41) is 27.8. The smallest absolute Gasteiger partial charge is 0.168 e. The third-order valence-corrected chi connectivity index (χ3v) is 1.69. The summed E-state index contributed by atoms with van der Waals surface area (Å²) in [7, 11) is 0. The highest BCUT2D eigenvalue weighted by Gasteiger charge is 2.07. The number of phenols is 3. The van der Waals surface area contributed by atoms with E-state index in [4.69, 9.17) is 5.11 Å². The second kappa shape index (κ2) is 3.85. The average Bonchev–Trinajstić information content (AvgIpc) is 2.12. The maximum atomic E-state index is 9.34. The minimum atomic E-state index is -0.287. The molecule has 0 saturated heterocycles. The number of benzene rings is 1. The molecular weight excluding hydrogens is 168 g/mol. The summed E-state index contributed by atoms with van der Waals surface area (Å²) in [6.07, 6.45) is 4.16. The fraction of sp³-hybridized carbons (Fsp3) is 0.200. The Hall–Kier alpha value is -1.64. The first kappa shape index (κ1) is 9.45. The Labute approximate surface area is 76.6 Å². The molecule has 0 aliphatic carbocycles. The van der Waals surface area contributed by atoms with E-state index in [2.05, 4.69) is 0 Å². The molecule has 0 atom stereocenters. The molecule has 0 saturated carbocycles. The van der Waals surface area contributed by atoms with Crippen LogP contribution in [0.1, 0.15) is 18.9 Å². The zero-order valence-corrected chi connectivity index (χ0v) is 7.36. The largest absolute Gasteiger partial charge is 0.507 e. The fourth-order valence-corrected chi connectivity index (χ4v) is 0.986. The molecule has 3 nitrogen and oxygen atoms in total. The van der Waals surface area contributed by atoms with Gasteiger partial charge in [0.15, 0.2) is 11.5 Å². The molecule has 0 aliphatic rings. The third kappa shape index (κ3) is 1.93. The Bertz CT molecular complexity index is 329. The van der Waals surface area contributed by atoms with E-state index in [0.29, 0.717) is 0 Å². The lowest BCUT2D eigenvalue weighted by atomic mass is 10.1. The molecule has 70 valence electrons. The standard InChI is InChI=1S/C10H12O3/c1-2-3-4-7-8(11)5-6-9(12)10(7)13/h3-6,11-13H,2H2,1H3. The van der Waals surface area contributed by atoms with Gasteiger partial charge in [-0.2, -0.15) is 0 Å². The van der Waals surface area contributed by atoms with Gasteiger partial charge in [-0.3, -0.25) is 0 Å². The van der Waals surface area contributed by atoms with Gasteiger partial charge in [-0.15, -0.1) is 0 Å². The van der Waals surface area contributed by atoms with Crippen LogP contribution in [0.15, 0.2) is 18.2 Å². The molecule has 0 radical (unpaired) electrons. The summed E-state index contributed by atoms with van der Waals surface area (Å²) in [6, 6.07) is 2.58. The number of allylic oxidation sites excluding steroid dienone is 1. The molecule has 0 unspecified atom stereocenters. The summed E-state index contributed by atoms with van der Waals surface area (Å²) in [4.78, 5) is 0. The van der Waals surface area contributed by atoms with Crippen LogP contribution in [0.5, 0.6) is 17.2 Å². The van der Waals surface area contributed by atoms with Crippen LogP contribution in [0.2, 0.25) is 0 Å². The fourth-order valence-electron chi connectivity index (χ4n) is 0.986. The Kier molecular flexibility index (Phi) is 2.80. The molecule has 1 rings (SSSR count). The van der Waals surface area contributed by atoms with E-state index in [-0.39, 0.29) is 22.8 Å². The lowest BCUT2D eigenvalue weighted by Gasteiger charge is -2.03. The van der Waals surface area contributed by atoms with Crippen molar-refractivity contribution in [2.24, 2.45) is 0 Å². The zero-order valence-electron chi connectivity index (χ0n) is 7.36. The minimum Gasteiger partial charge on any atom is -0.507 e. The summed E-state index contributed by atoms with van der Waals surface area (Å²) < 4.78 is 0. The Morgan fingerprint density at radius 3 is 2.38 bits per heavy atom. The maximum Gasteiger partial charge on any atom is 0.168 e. The minimum absolute atomic E-state index is 0.0417. The predicted octanol–water partition coefficient (Wildman–Crippen LogP) is 2.23. The van der Waals surface area contributed by atoms with Crippen molar-refractivity contribution in [3.8, 4) is 17.2 Å². The highest BCUT2D eigenvalue weighted by Crippen LogP contribution is 2.35. The highest BCUT2D eigenvalue weighted by molar-refractivity contribution is 5.67. The Morgan fingerprint density at radius 2 is 1.77 bits per heavy atom. The molecular formula is C10H12O3. The van der Waals surface area contributed by atoms with Gasteiger partial charge in [-0.25, -0.2) is 0 Å². The zero-order chi connectivity index (χ0) is 9.84. The second-order valence-corrected chi connectivity index (χ2v) is 2.68. The lowest BCUT2D eigenvalue weighted by molar-refractivity contribution is 0.395. The van der Waals surface area contributed by atoms with Gasteiger partial charge in [0, 0.05) is 0 Å². The van der Waals surface area contributed by atoms with Crippen molar-refractivity contribution in [2.45, 2.75) is 13.3 Å². The number of phenolic OH excluding ortho intramolecular Hbond substituents is 3. The SMILES string of the molecule is CCC=Cc1c(O)ccc(O)c1O. The van der Waals surface area contributed by atoms with Crippen LogP contribution in [-0.2, 0) is 0 Å². The van der Waals surface area contributed by atoms with E-state index in [0.717, 1.165) is 6.42 Å². The average molecular weight is 180 g/mol. The predicted molar refractivity (Wildman–Crippen MR) is 50.8 cm³/mol. The van der Waals surface area contributed by atoms with Crippen molar-refractivity contribution in [2.75, 3.05) is 0 Å². The molecule has 0 aromatic heterocycles. The normalized spacial score (nSPS) is 10.8. The molecule has 0 aliphatic heterocycles. The number of hydrogen-bond donors (Lipinski definition) is 3. The van der Waals surface area contributed by atoms with Crippen LogP contribution >= 0.6 is 0 Å². The molecule has 3 heteroatoms. The van der Waals surface area contributed by atoms with E-state index in [1.165, 1.54) is 12.1 Å². The van der Waals surface area contributed by atoms with Crippen molar-refractivity contribution >= 4 is 6.08 Å². The quantitative estimate of drug-likeness (QED) is 0.483. The van der Waals surface area contributed by atoms with E-state index < -0.39 is 0 Å². The van der Waals surface area contributed by atoms with Crippen LogP contribution in [0.4, 0.5) is 0 Å². The number of rotatable bonds is 2. The van der Waals surface area contributed by atoms with Crippen molar-refractivity contribution in [3.63, 3.8) is 0 Å². The van der Waals surface area contributed by atoms with E-state index in [9.17, 15) is 10.2 Å². The maximum absolute atomic E-state index is 9.34. The number of aromatic hydroxyl groups is 3. The first-order valence-electron chi connectivity index (χ1n) is 4.07. The summed E-state index contributed by atoms with van der Waals surface area (Å²) in [5.41, 5.74) is 0.252. The second-order valence-electron chi connectivity index (χ2n) is 2.68. The molecule has 1 aromatic carbocycles. The van der Waals surface area contributed by atoms with Crippen molar-refractivity contribution in [1.29, 1.82) is 0 Å². The van der Waals surface area contributed by atoms with Crippen LogP contribution in [-0.4, -0.2) is 15.3 Å². The van der Waals surface area contributed by atoms with E-state index in [1.54, 1.807) is 12.2 Å². The summed E-state index contributed by atoms with van der Waals surface area (Å²) in [6.45, 7) is 1.94. The van der Waals surface area contributed by atoms with Gasteiger partial charge in [0.1, 0.15) is 5.75 Å². The summed E-state index contributed by atoms with van der Waals surface area (Å²) in [5.74, 6) is -0.557. The first-order chi connectivity index (χ1) is 6.16. The number of hydrogen-bond acceptors (Lipinski definition) is 3. The first-order valence-corrected chi connectivity index (χ1v) is 4.07. The van der Waals surface area contributed by atoms with Crippen molar-refractivity contribution in [3.05, 3.63) is 23.8 Å². The Morgan fingerprint density at radius 1 is 1.15 bits per heavy atom. The molecule has 0 spiro atoms. The van der Waals surface area contributed by atoms with Crippen LogP contribution in [0, 0.1) is 0 Å². The molecule has 1 aromatic rings. The van der Waals surface area contributed by atoms with Gasteiger partial charge in [0.05, 0.1) is 5.56 Å². The molecule has 0 bridgehead atoms. The topological polar surface area (TPSA) is 60.7 Å². The molecule has 0 heterocycles. The van der Waals surface area contributed by atoms with Crippen LogP contribution in [0.25, 0.3) is 6.08 Å². The third-order valence-electron chi connectivity index (χ3n) is 1.69. The van der Waals surface area contributed by atoms with Gasteiger partial charge < -0.3 is 15.3 Å². The van der Waals surface area contributed by atoms with Gasteiger partial charge in [-0.05, 0) is 18.6 Å². The van der Waals surface area contributed by atoms with Crippen molar-refractivity contribution < 1.29 is 15.3 Å². The van der Waals surface area contributed by atoms with E-state index >= 15 is 0 Å². The van der Waals surface area contributed by atoms with Gasteiger partial charge >= 0.3 is 0 Å². The van der Waals surface area contributed by atoms with Gasteiger partial charge in [0.25, 0.3) is 0 Å². The molecule has 0 amide bonds. The molecule has 0 fully saturated rings. The Balaban J connectivity index is 3.17. The van der Waals surface area contributed by atoms with E-state index in [1.807, 2.05) is 6.92 Å². The molecule has 3 N–H and O–H groups in total. The van der Waals surface area contributed by atoms with Gasteiger partial charge in [-0.1, -0.05) is 19.1 Å². The highest BCUT2D eigenvalue weighted by atomic mass is 16.3. The van der Waals surface area contributed by atoms with Crippen LogP contribution < -0.4 is 0 Å². The lowest BCUT2D eigenvalue weighted by Crippen LogP contribution is -1.77. The van der Waals surface area contributed by atoms with Gasteiger partial charge in [0.2, 0.25) is 0 Å².